The standard InChI is InChI=1S/C19H29N3O3S/c1-13-5-6-17(11-18(13)26(24,25)22-16-7-8-16)21-19(23)10-14(2)15-4-3-9-20-12-15/h5-6,11,14-16,20,22H,3-4,7-10,12H2,1-2H3,(H,21,23). The highest BCUT2D eigenvalue weighted by molar-refractivity contribution is 7.89. The molecule has 1 aliphatic heterocycles. The smallest absolute Gasteiger partial charge is 0.241 e. The van der Waals surface area contributed by atoms with Crippen LogP contribution in [0.2, 0.25) is 0 Å². The van der Waals surface area contributed by atoms with E-state index in [1.165, 1.54) is 0 Å². The Morgan fingerprint density at radius 1 is 1.31 bits per heavy atom. The first-order chi connectivity index (χ1) is 12.3. The summed E-state index contributed by atoms with van der Waals surface area (Å²) >= 11 is 0. The highest BCUT2D eigenvalue weighted by Gasteiger charge is 2.29. The van der Waals surface area contributed by atoms with Crippen LogP contribution in [-0.4, -0.2) is 33.5 Å². The lowest BCUT2D eigenvalue weighted by molar-refractivity contribution is -0.117. The fourth-order valence-corrected chi connectivity index (χ4v) is 5.06. The van der Waals surface area contributed by atoms with Crippen LogP contribution < -0.4 is 15.4 Å². The second-order valence-corrected chi connectivity index (χ2v) is 9.39. The van der Waals surface area contributed by atoms with E-state index in [9.17, 15) is 13.2 Å². The van der Waals surface area contributed by atoms with Gasteiger partial charge in [0.05, 0.1) is 4.90 Å². The maximum atomic E-state index is 12.5. The molecule has 0 spiro atoms. The monoisotopic (exact) mass is 379 g/mol. The molecule has 0 aromatic heterocycles. The van der Waals surface area contributed by atoms with E-state index in [4.69, 9.17) is 0 Å². The van der Waals surface area contributed by atoms with Crippen molar-refractivity contribution >= 4 is 21.6 Å². The second kappa shape index (κ2) is 8.06. The number of anilines is 1. The summed E-state index contributed by atoms with van der Waals surface area (Å²) in [6.45, 7) is 5.91. The van der Waals surface area contributed by atoms with Crippen LogP contribution in [0.3, 0.4) is 0 Å². The van der Waals surface area contributed by atoms with Gasteiger partial charge in [-0.25, -0.2) is 13.1 Å². The van der Waals surface area contributed by atoms with Gasteiger partial charge in [-0.2, -0.15) is 0 Å². The summed E-state index contributed by atoms with van der Waals surface area (Å²) in [5.74, 6) is 0.754. The van der Waals surface area contributed by atoms with E-state index in [-0.39, 0.29) is 16.8 Å². The van der Waals surface area contributed by atoms with Gasteiger partial charge in [-0.15, -0.1) is 0 Å². The van der Waals surface area contributed by atoms with Crippen LogP contribution in [0.5, 0.6) is 0 Å². The number of benzene rings is 1. The zero-order valence-corrected chi connectivity index (χ0v) is 16.4. The molecule has 2 fully saturated rings. The third kappa shape index (κ3) is 5.05. The first-order valence-electron chi connectivity index (χ1n) is 9.49. The number of aryl methyl sites for hydroxylation is 1. The van der Waals surface area contributed by atoms with E-state index in [2.05, 4.69) is 22.3 Å². The summed E-state index contributed by atoms with van der Waals surface area (Å²) in [5, 5.41) is 6.25. The lowest BCUT2D eigenvalue weighted by Crippen LogP contribution is -2.34. The van der Waals surface area contributed by atoms with Crippen molar-refractivity contribution in [2.24, 2.45) is 11.8 Å². The molecule has 1 saturated carbocycles. The minimum Gasteiger partial charge on any atom is -0.326 e. The molecular weight excluding hydrogens is 350 g/mol. The average molecular weight is 380 g/mol. The SMILES string of the molecule is Cc1ccc(NC(=O)CC(C)C2CCCNC2)cc1S(=O)(=O)NC1CC1. The summed E-state index contributed by atoms with van der Waals surface area (Å²) < 4.78 is 27.7. The zero-order valence-electron chi connectivity index (χ0n) is 15.5. The van der Waals surface area contributed by atoms with Crippen LogP contribution in [0.4, 0.5) is 5.69 Å². The molecule has 1 aliphatic carbocycles. The predicted octanol–water partition coefficient (Wildman–Crippen LogP) is 2.40. The number of nitrogens with one attached hydrogen (secondary N) is 3. The molecule has 144 valence electrons. The molecule has 1 amide bonds. The molecule has 2 aliphatic rings. The van der Waals surface area contributed by atoms with Crippen molar-refractivity contribution < 1.29 is 13.2 Å². The van der Waals surface area contributed by atoms with Crippen LogP contribution in [0.25, 0.3) is 0 Å². The molecule has 1 aromatic carbocycles. The molecule has 2 unspecified atom stereocenters. The van der Waals surface area contributed by atoms with E-state index in [0.717, 1.165) is 38.8 Å². The molecule has 3 N–H and O–H groups in total. The lowest BCUT2D eigenvalue weighted by atomic mass is 9.85. The molecule has 6 nitrogen and oxygen atoms in total. The lowest BCUT2D eigenvalue weighted by Gasteiger charge is -2.28. The molecule has 3 rings (SSSR count). The Labute approximate surface area is 156 Å². The largest absolute Gasteiger partial charge is 0.326 e. The fourth-order valence-electron chi connectivity index (χ4n) is 3.49. The Kier molecular flexibility index (Phi) is 5.99. The van der Waals surface area contributed by atoms with Crippen LogP contribution >= 0.6 is 0 Å². The van der Waals surface area contributed by atoms with Crippen molar-refractivity contribution in [3.8, 4) is 0 Å². The number of carbonyl (C=O) groups is 1. The van der Waals surface area contributed by atoms with Gasteiger partial charge in [-0.1, -0.05) is 13.0 Å². The molecule has 1 aromatic rings. The van der Waals surface area contributed by atoms with Gasteiger partial charge in [-0.3, -0.25) is 4.79 Å². The number of hydrogen-bond acceptors (Lipinski definition) is 4. The van der Waals surface area contributed by atoms with E-state index < -0.39 is 10.0 Å². The van der Waals surface area contributed by atoms with Crippen molar-refractivity contribution in [3.63, 3.8) is 0 Å². The third-order valence-corrected chi connectivity index (χ3v) is 6.97. The minimum absolute atomic E-state index is 0.0580. The van der Waals surface area contributed by atoms with E-state index >= 15 is 0 Å². The highest BCUT2D eigenvalue weighted by Crippen LogP contribution is 2.26. The molecule has 2 atom stereocenters. The van der Waals surface area contributed by atoms with Gasteiger partial charge in [0.2, 0.25) is 15.9 Å². The van der Waals surface area contributed by atoms with Gasteiger partial charge in [0, 0.05) is 18.2 Å². The van der Waals surface area contributed by atoms with Crippen molar-refractivity contribution in [3.05, 3.63) is 23.8 Å². The van der Waals surface area contributed by atoms with Crippen LogP contribution in [-0.2, 0) is 14.8 Å². The number of amides is 1. The third-order valence-electron chi connectivity index (χ3n) is 5.31. The van der Waals surface area contributed by atoms with Gasteiger partial charge in [-0.05, 0) is 75.2 Å². The van der Waals surface area contributed by atoms with Gasteiger partial charge in [0.15, 0.2) is 0 Å². The highest BCUT2D eigenvalue weighted by atomic mass is 32.2. The normalized spacial score (nSPS) is 22.0. The number of sulfonamides is 1. The van der Waals surface area contributed by atoms with Crippen molar-refractivity contribution in [1.82, 2.24) is 10.0 Å². The summed E-state index contributed by atoms with van der Waals surface area (Å²) in [5.41, 5.74) is 1.21. The molecule has 0 bridgehead atoms. The Hall–Kier alpha value is -1.44. The van der Waals surface area contributed by atoms with Crippen molar-refractivity contribution in [2.75, 3.05) is 18.4 Å². The first-order valence-corrected chi connectivity index (χ1v) is 11.0. The summed E-state index contributed by atoms with van der Waals surface area (Å²) in [7, 11) is -3.54. The molecule has 0 radical (unpaired) electrons. The Balaban J connectivity index is 1.63. The Morgan fingerprint density at radius 3 is 2.73 bits per heavy atom. The number of carbonyl (C=O) groups excluding carboxylic acids is 1. The predicted molar refractivity (Wildman–Crippen MR) is 103 cm³/mol. The number of hydrogen-bond donors (Lipinski definition) is 3. The zero-order chi connectivity index (χ0) is 18.7. The van der Waals surface area contributed by atoms with E-state index in [0.29, 0.717) is 29.5 Å². The van der Waals surface area contributed by atoms with Crippen molar-refractivity contribution in [1.29, 1.82) is 0 Å². The maximum Gasteiger partial charge on any atom is 0.241 e. The second-order valence-electron chi connectivity index (χ2n) is 7.71. The molecule has 26 heavy (non-hydrogen) atoms. The maximum absolute atomic E-state index is 12.5. The Morgan fingerprint density at radius 2 is 2.08 bits per heavy atom. The van der Waals surface area contributed by atoms with Crippen LogP contribution in [0.15, 0.2) is 23.1 Å². The summed E-state index contributed by atoms with van der Waals surface area (Å²) in [4.78, 5) is 12.6. The molecular formula is C19H29N3O3S. The quantitative estimate of drug-likeness (QED) is 0.679. The van der Waals surface area contributed by atoms with Crippen LogP contribution in [0.1, 0.15) is 44.6 Å². The van der Waals surface area contributed by atoms with Gasteiger partial charge in [0.25, 0.3) is 0 Å². The topological polar surface area (TPSA) is 87.3 Å². The summed E-state index contributed by atoms with van der Waals surface area (Å²) in [6.07, 6.45) is 4.54. The number of piperidine rings is 1. The van der Waals surface area contributed by atoms with E-state index in [1.54, 1.807) is 25.1 Å². The Bertz CT molecular complexity index is 753. The van der Waals surface area contributed by atoms with E-state index in [1.807, 2.05) is 0 Å². The molecule has 1 heterocycles. The molecule has 7 heteroatoms. The fraction of sp³-hybridized carbons (Fsp3) is 0.632. The average Bonchev–Trinajstić information content (AvgIpc) is 3.40. The minimum atomic E-state index is -3.54. The van der Waals surface area contributed by atoms with Crippen LogP contribution in [0, 0.1) is 18.8 Å². The number of rotatable bonds is 7. The summed E-state index contributed by atoms with van der Waals surface area (Å²) in [6, 6.07) is 5.12. The molecule has 1 saturated heterocycles. The first kappa shape index (κ1) is 19.3. The van der Waals surface area contributed by atoms with Gasteiger partial charge >= 0.3 is 0 Å². The van der Waals surface area contributed by atoms with Gasteiger partial charge in [0.1, 0.15) is 0 Å². The van der Waals surface area contributed by atoms with Crippen molar-refractivity contribution in [2.45, 2.75) is 56.9 Å². The van der Waals surface area contributed by atoms with Gasteiger partial charge < -0.3 is 10.6 Å².